The van der Waals surface area contributed by atoms with Crippen LogP contribution in [0.3, 0.4) is 0 Å². The van der Waals surface area contributed by atoms with Crippen LogP contribution in [0.2, 0.25) is 0 Å². The van der Waals surface area contributed by atoms with Crippen molar-refractivity contribution in [2.75, 3.05) is 44.2 Å². The van der Waals surface area contributed by atoms with Crippen molar-refractivity contribution in [3.8, 4) is 5.75 Å². The summed E-state index contributed by atoms with van der Waals surface area (Å²) in [6.07, 6.45) is 2.62. The number of likely N-dealkylation sites (tertiary alicyclic amines) is 1. The number of rotatable bonds is 4. The van der Waals surface area contributed by atoms with Gasteiger partial charge in [-0.05, 0) is 82.8 Å². The van der Waals surface area contributed by atoms with Gasteiger partial charge in [-0.2, -0.15) is 0 Å². The van der Waals surface area contributed by atoms with Crippen LogP contribution in [-0.4, -0.2) is 54.7 Å². The molecule has 0 saturated carbocycles. The van der Waals surface area contributed by atoms with Crippen molar-refractivity contribution >= 4 is 30.5 Å². The maximum atomic E-state index is 6.67. The minimum absolute atomic E-state index is 0. The van der Waals surface area contributed by atoms with Gasteiger partial charge in [0.05, 0.1) is 6.04 Å². The number of hydrogen-bond donors (Lipinski definition) is 0. The first-order valence-corrected chi connectivity index (χ1v) is 12.4. The van der Waals surface area contributed by atoms with Crippen molar-refractivity contribution < 1.29 is 4.74 Å². The van der Waals surface area contributed by atoms with E-state index in [-0.39, 0.29) is 30.4 Å². The summed E-state index contributed by atoms with van der Waals surface area (Å²) in [6.45, 7) is 19.3. The van der Waals surface area contributed by atoms with Crippen LogP contribution in [0.25, 0.3) is 0 Å². The second-order valence-corrected chi connectivity index (χ2v) is 10.6. The number of piperazine rings is 1. The Bertz CT molecular complexity index is 981. The van der Waals surface area contributed by atoms with Crippen LogP contribution in [0.4, 0.5) is 5.69 Å². The number of anilines is 1. The van der Waals surface area contributed by atoms with Gasteiger partial charge in [0.25, 0.3) is 0 Å². The van der Waals surface area contributed by atoms with Gasteiger partial charge < -0.3 is 9.64 Å². The van der Waals surface area contributed by atoms with Crippen molar-refractivity contribution in [2.45, 2.75) is 65.6 Å². The number of ether oxygens (including phenoxy) is 1. The average molecular weight is 507 g/mol. The molecule has 0 radical (unpaired) electrons. The minimum atomic E-state index is -0.179. The SMILES string of the molecule is Cc1c(C)c(N2CCN(Cc3ccccc3)CC2)c(C)c2c1OC(C)(C)C2N1CCCC1.Cl.Cl. The van der Waals surface area contributed by atoms with E-state index in [0.717, 1.165) is 38.5 Å². The first-order chi connectivity index (χ1) is 15.4. The maximum Gasteiger partial charge on any atom is 0.128 e. The highest BCUT2D eigenvalue weighted by molar-refractivity contribution is 5.85. The molecule has 2 saturated heterocycles. The lowest BCUT2D eigenvalue weighted by Gasteiger charge is -2.39. The highest BCUT2D eigenvalue weighted by atomic mass is 35.5. The van der Waals surface area contributed by atoms with E-state index < -0.39 is 0 Å². The van der Waals surface area contributed by atoms with Gasteiger partial charge in [-0.1, -0.05) is 30.3 Å². The lowest BCUT2D eigenvalue weighted by atomic mass is 9.87. The van der Waals surface area contributed by atoms with Crippen molar-refractivity contribution in [1.82, 2.24) is 9.80 Å². The van der Waals surface area contributed by atoms with E-state index in [0.29, 0.717) is 6.04 Å². The highest BCUT2D eigenvalue weighted by Crippen LogP contribution is 2.53. The number of hydrogen-bond acceptors (Lipinski definition) is 4. The zero-order valence-electron chi connectivity index (χ0n) is 21.4. The molecule has 0 N–H and O–H groups in total. The summed E-state index contributed by atoms with van der Waals surface area (Å²) in [7, 11) is 0. The third kappa shape index (κ3) is 4.80. The third-order valence-electron chi connectivity index (χ3n) is 8.00. The van der Waals surface area contributed by atoms with Crippen molar-refractivity contribution in [1.29, 1.82) is 0 Å². The molecule has 3 aliphatic heterocycles. The topological polar surface area (TPSA) is 19.0 Å². The molecule has 0 amide bonds. The Kier molecular flexibility index (Phi) is 8.50. The van der Waals surface area contributed by atoms with E-state index in [9.17, 15) is 0 Å². The van der Waals surface area contributed by atoms with Crippen molar-refractivity contribution in [3.63, 3.8) is 0 Å². The lowest BCUT2D eigenvalue weighted by molar-refractivity contribution is 0.0396. The summed E-state index contributed by atoms with van der Waals surface area (Å²) in [5, 5.41) is 0. The van der Waals surface area contributed by atoms with Gasteiger partial charge in [-0.3, -0.25) is 9.80 Å². The van der Waals surface area contributed by atoms with E-state index in [4.69, 9.17) is 4.74 Å². The zero-order valence-corrected chi connectivity index (χ0v) is 23.0. The quantitative estimate of drug-likeness (QED) is 0.500. The van der Waals surface area contributed by atoms with Gasteiger partial charge in [0.2, 0.25) is 0 Å². The monoisotopic (exact) mass is 505 g/mol. The molecule has 0 bridgehead atoms. The summed E-state index contributed by atoms with van der Waals surface area (Å²) in [4.78, 5) is 7.91. The number of halogens is 2. The lowest BCUT2D eigenvalue weighted by Crippen LogP contribution is -2.46. The Balaban J connectivity index is 0.00000162. The smallest absolute Gasteiger partial charge is 0.128 e. The fraction of sp³-hybridized carbons (Fsp3) is 0.571. The molecule has 3 aliphatic rings. The standard InChI is InChI=1S/C28H39N3O.2ClH/c1-20-21(2)26-24(27(28(4,5)32-26)31-13-9-10-14-31)22(3)25(20)30-17-15-29(16-18-30)19-23-11-7-6-8-12-23;;/h6-8,11-12,27H,9-10,13-19H2,1-5H3;2*1H. The molecule has 0 aliphatic carbocycles. The van der Waals surface area contributed by atoms with Gasteiger partial charge in [-0.25, -0.2) is 0 Å². The Hall–Kier alpha value is -1.46. The van der Waals surface area contributed by atoms with E-state index in [1.54, 1.807) is 0 Å². The summed E-state index contributed by atoms with van der Waals surface area (Å²) < 4.78 is 6.67. The van der Waals surface area contributed by atoms with E-state index in [1.807, 2.05) is 0 Å². The van der Waals surface area contributed by atoms with Crippen LogP contribution in [0, 0.1) is 20.8 Å². The van der Waals surface area contributed by atoms with Gasteiger partial charge >= 0.3 is 0 Å². The molecule has 2 aromatic rings. The predicted molar refractivity (Wildman–Crippen MR) is 147 cm³/mol. The first kappa shape index (κ1) is 27.1. The van der Waals surface area contributed by atoms with Crippen LogP contribution in [0.15, 0.2) is 30.3 Å². The molecule has 2 aromatic carbocycles. The normalized spacial score (nSPS) is 22.0. The summed E-state index contributed by atoms with van der Waals surface area (Å²) in [5.74, 6) is 1.16. The van der Waals surface area contributed by atoms with Crippen LogP contribution < -0.4 is 9.64 Å². The van der Waals surface area contributed by atoms with Gasteiger partial charge in [0.1, 0.15) is 11.4 Å². The Labute approximate surface area is 218 Å². The molecule has 0 spiro atoms. The Morgan fingerprint density at radius 1 is 0.824 bits per heavy atom. The molecule has 0 aromatic heterocycles. The van der Waals surface area contributed by atoms with E-state index in [2.05, 4.69) is 79.7 Å². The van der Waals surface area contributed by atoms with E-state index >= 15 is 0 Å². The predicted octanol–water partition coefficient (Wildman–Crippen LogP) is 6.09. The highest BCUT2D eigenvalue weighted by Gasteiger charge is 2.47. The van der Waals surface area contributed by atoms with Crippen LogP contribution in [-0.2, 0) is 6.54 Å². The summed E-state index contributed by atoms with van der Waals surface area (Å²) in [6, 6.07) is 11.2. The zero-order chi connectivity index (χ0) is 22.5. The van der Waals surface area contributed by atoms with Crippen LogP contribution in [0.1, 0.15) is 60.5 Å². The van der Waals surface area contributed by atoms with E-state index in [1.165, 1.54) is 59.4 Å². The van der Waals surface area contributed by atoms with Gasteiger partial charge in [-0.15, -0.1) is 24.8 Å². The molecule has 4 nitrogen and oxygen atoms in total. The number of nitrogens with zero attached hydrogens (tertiary/aromatic N) is 3. The molecular weight excluding hydrogens is 465 g/mol. The molecular formula is C28H41Cl2N3O. The second kappa shape index (κ2) is 10.7. The molecule has 1 unspecified atom stereocenters. The number of fused-ring (bicyclic) bond motifs is 1. The van der Waals surface area contributed by atoms with Crippen LogP contribution >= 0.6 is 24.8 Å². The Morgan fingerprint density at radius 2 is 1.44 bits per heavy atom. The molecule has 3 heterocycles. The molecule has 5 rings (SSSR count). The van der Waals surface area contributed by atoms with Crippen LogP contribution in [0.5, 0.6) is 5.75 Å². The molecule has 34 heavy (non-hydrogen) atoms. The number of benzene rings is 2. The maximum absolute atomic E-state index is 6.67. The molecule has 1 atom stereocenters. The van der Waals surface area contributed by atoms with Gasteiger partial charge in [0, 0.05) is 44.0 Å². The fourth-order valence-electron chi connectivity index (χ4n) is 6.32. The average Bonchev–Trinajstić information content (AvgIpc) is 3.39. The first-order valence-electron chi connectivity index (χ1n) is 12.4. The second-order valence-electron chi connectivity index (χ2n) is 10.6. The largest absolute Gasteiger partial charge is 0.485 e. The fourth-order valence-corrected chi connectivity index (χ4v) is 6.32. The summed E-state index contributed by atoms with van der Waals surface area (Å²) in [5.41, 5.74) is 8.34. The minimum Gasteiger partial charge on any atom is -0.485 e. The molecule has 188 valence electrons. The third-order valence-corrected chi connectivity index (χ3v) is 8.00. The molecule has 6 heteroatoms. The van der Waals surface area contributed by atoms with Crippen molar-refractivity contribution in [3.05, 3.63) is 58.1 Å². The summed E-state index contributed by atoms with van der Waals surface area (Å²) >= 11 is 0. The van der Waals surface area contributed by atoms with Crippen molar-refractivity contribution in [2.24, 2.45) is 0 Å². The molecule has 2 fully saturated rings. The van der Waals surface area contributed by atoms with Gasteiger partial charge in [0.15, 0.2) is 0 Å². The Morgan fingerprint density at radius 3 is 2.06 bits per heavy atom.